The molecule has 1 N–H and O–H groups in total. The molecule has 96 valence electrons. The molecular weight excluding hydrogens is 258 g/mol. The number of hydrogen-bond donors (Lipinski definition) is 1. The molecule has 0 saturated carbocycles. The predicted molar refractivity (Wildman–Crippen MR) is 71.0 cm³/mol. The van der Waals surface area contributed by atoms with Crippen molar-refractivity contribution in [1.82, 2.24) is 4.72 Å². The Morgan fingerprint density at radius 1 is 1.24 bits per heavy atom. The molecule has 0 spiro atoms. The first-order valence-corrected chi connectivity index (χ1v) is 7.76. The van der Waals surface area contributed by atoms with Crippen LogP contribution in [0.4, 0.5) is 0 Å². The maximum absolute atomic E-state index is 11.8. The highest BCUT2D eigenvalue weighted by Gasteiger charge is 2.12. The zero-order valence-electron chi connectivity index (χ0n) is 9.95. The maximum atomic E-state index is 11.8. The quantitative estimate of drug-likeness (QED) is 0.778. The smallest absolute Gasteiger partial charge is 0.211 e. The number of rotatable bonds is 7. The van der Waals surface area contributed by atoms with Gasteiger partial charge < -0.3 is 0 Å². The number of halogens is 1. The first kappa shape index (κ1) is 14.5. The van der Waals surface area contributed by atoms with Gasteiger partial charge in [0.1, 0.15) is 0 Å². The molecule has 0 saturated heterocycles. The average molecular weight is 276 g/mol. The first-order valence-electron chi connectivity index (χ1n) is 5.74. The topological polar surface area (TPSA) is 46.2 Å². The van der Waals surface area contributed by atoms with Gasteiger partial charge in [-0.3, -0.25) is 0 Å². The summed E-state index contributed by atoms with van der Waals surface area (Å²) in [5, 5.41) is 0. The second-order valence-corrected chi connectivity index (χ2v) is 5.98. The lowest BCUT2D eigenvalue weighted by molar-refractivity contribution is 0.581. The van der Waals surface area contributed by atoms with Gasteiger partial charge in [-0.05, 0) is 37.0 Å². The van der Waals surface area contributed by atoms with E-state index in [0.29, 0.717) is 17.3 Å². The molecule has 1 aromatic rings. The van der Waals surface area contributed by atoms with Gasteiger partial charge in [0.15, 0.2) is 0 Å². The number of aryl methyl sites for hydroxylation is 1. The standard InChI is InChI=1S/C12H18ClNO2S/c1-2-10-14-17(15,16)12-7-5-11(6-8-12)4-3-9-13/h5-8,14H,2-4,9-10H2,1H3. The Morgan fingerprint density at radius 2 is 1.88 bits per heavy atom. The van der Waals surface area contributed by atoms with Crippen molar-refractivity contribution in [3.05, 3.63) is 29.8 Å². The molecule has 0 aliphatic carbocycles. The van der Waals surface area contributed by atoms with Crippen molar-refractivity contribution in [3.8, 4) is 0 Å². The number of hydrogen-bond acceptors (Lipinski definition) is 2. The number of nitrogens with one attached hydrogen (secondary N) is 1. The van der Waals surface area contributed by atoms with Gasteiger partial charge in [-0.1, -0.05) is 19.1 Å². The lowest BCUT2D eigenvalue weighted by atomic mass is 10.1. The number of alkyl halides is 1. The van der Waals surface area contributed by atoms with E-state index < -0.39 is 10.0 Å². The van der Waals surface area contributed by atoms with E-state index in [1.165, 1.54) is 0 Å². The van der Waals surface area contributed by atoms with Crippen molar-refractivity contribution in [2.45, 2.75) is 31.1 Å². The SMILES string of the molecule is CCCNS(=O)(=O)c1ccc(CCCCl)cc1. The molecule has 0 aliphatic heterocycles. The van der Waals surface area contributed by atoms with E-state index in [1.54, 1.807) is 12.1 Å². The third-order valence-electron chi connectivity index (χ3n) is 2.37. The Kier molecular flexibility index (Phi) is 5.95. The summed E-state index contributed by atoms with van der Waals surface area (Å²) >= 11 is 5.61. The van der Waals surface area contributed by atoms with Crippen molar-refractivity contribution in [2.75, 3.05) is 12.4 Å². The maximum Gasteiger partial charge on any atom is 0.240 e. The molecule has 0 atom stereocenters. The van der Waals surface area contributed by atoms with Crippen LogP contribution in [0.25, 0.3) is 0 Å². The van der Waals surface area contributed by atoms with E-state index in [1.807, 2.05) is 19.1 Å². The van der Waals surface area contributed by atoms with Gasteiger partial charge in [-0.25, -0.2) is 13.1 Å². The summed E-state index contributed by atoms with van der Waals surface area (Å²) in [6, 6.07) is 6.96. The molecule has 0 unspecified atom stereocenters. The second kappa shape index (κ2) is 6.99. The van der Waals surface area contributed by atoms with Crippen LogP contribution >= 0.6 is 11.6 Å². The lowest BCUT2D eigenvalue weighted by Gasteiger charge is -2.06. The highest BCUT2D eigenvalue weighted by atomic mass is 35.5. The molecule has 0 fully saturated rings. The highest BCUT2D eigenvalue weighted by molar-refractivity contribution is 7.89. The minimum atomic E-state index is -3.34. The largest absolute Gasteiger partial charge is 0.240 e. The van der Waals surface area contributed by atoms with Gasteiger partial charge in [0.25, 0.3) is 0 Å². The van der Waals surface area contributed by atoms with Crippen LogP contribution in [0, 0.1) is 0 Å². The number of benzene rings is 1. The average Bonchev–Trinajstić information content (AvgIpc) is 2.34. The monoisotopic (exact) mass is 275 g/mol. The van der Waals surface area contributed by atoms with Crippen molar-refractivity contribution in [3.63, 3.8) is 0 Å². The molecule has 0 amide bonds. The Labute approximate surface area is 108 Å². The van der Waals surface area contributed by atoms with Gasteiger partial charge in [0, 0.05) is 12.4 Å². The minimum Gasteiger partial charge on any atom is -0.211 e. The van der Waals surface area contributed by atoms with E-state index in [2.05, 4.69) is 4.72 Å². The van der Waals surface area contributed by atoms with Gasteiger partial charge >= 0.3 is 0 Å². The van der Waals surface area contributed by atoms with Crippen LogP contribution in [0.15, 0.2) is 29.2 Å². The Morgan fingerprint density at radius 3 is 2.41 bits per heavy atom. The molecule has 1 aromatic carbocycles. The van der Waals surface area contributed by atoms with Gasteiger partial charge in [0.2, 0.25) is 10.0 Å². The van der Waals surface area contributed by atoms with Crippen LogP contribution in [0.1, 0.15) is 25.3 Å². The van der Waals surface area contributed by atoms with E-state index in [0.717, 1.165) is 24.8 Å². The summed E-state index contributed by atoms with van der Waals surface area (Å²) in [7, 11) is -3.34. The van der Waals surface area contributed by atoms with Crippen LogP contribution in [0.3, 0.4) is 0 Å². The molecule has 0 heterocycles. The first-order chi connectivity index (χ1) is 8.10. The third kappa shape index (κ3) is 4.66. The molecule has 5 heteroatoms. The van der Waals surface area contributed by atoms with Gasteiger partial charge in [-0.2, -0.15) is 0 Å². The van der Waals surface area contributed by atoms with E-state index in [9.17, 15) is 8.42 Å². The summed E-state index contributed by atoms with van der Waals surface area (Å²) in [4.78, 5) is 0.320. The molecule has 3 nitrogen and oxygen atoms in total. The van der Waals surface area contributed by atoms with E-state index in [4.69, 9.17) is 11.6 Å². The highest BCUT2D eigenvalue weighted by Crippen LogP contribution is 2.12. The van der Waals surface area contributed by atoms with Gasteiger partial charge in [-0.15, -0.1) is 11.6 Å². The summed E-state index contributed by atoms with van der Waals surface area (Å²) in [6.45, 7) is 2.40. The van der Waals surface area contributed by atoms with Gasteiger partial charge in [0.05, 0.1) is 4.90 Å². The third-order valence-corrected chi connectivity index (χ3v) is 4.12. The van der Waals surface area contributed by atoms with E-state index in [-0.39, 0.29) is 0 Å². The summed E-state index contributed by atoms with van der Waals surface area (Å²) in [5.41, 5.74) is 1.11. The minimum absolute atomic E-state index is 0.320. The van der Waals surface area contributed by atoms with E-state index >= 15 is 0 Å². The molecule has 0 radical (unpaired) electrons. The molecular formula is C12H18ClNO2S. The summed E-state index contributed by atoms with van der Waals surface area (Å²) < 4.78 is 26.1. The fourth-order valence-electron chi connectivity index (χ4n) is 1.43. The molecule has 0 aromatic heterocycles. The molecule has 1 rings (SSSR count). The Bertz CT molecular complexity index is 428. The second-order valence-electron chi connectivity index (χ2n) is 3.83. The summed E-state index contributed by atoms with van der Waals surface area (Å²) in [6.07, 6.45) is 2.57. The zero-order valence-corrected chi connectivity index (χ0v) is 11.5. The lowest BCUT2D eigenvalue weighted by Crippen LogP contribution is -2.24. The normalized spacial score (nSPS) is 11.6. The van der Waals surface area contributed by atoms with Crippen LogP contribution in [0.2, 0.25) is 0 Å². The number of sulfonamides is 1. The predicted octanol–water partition coefficient (Wildman–Crippen LogP) is 2.55. The zero-order chi connectivity index (χ0) is 12.7. The Hall–Kier alpha value is -0.580. The van der Waals surface area contributed by atoms with Crippen LogP contribution in [-0.2, 0) is 16.4 Å². The van der Waals surface area contributed by atoms with Crippen LogP contribution in [-0.4, -0.2) is 20.8 Å². The molecule has 0 bridgehead atoms. The van der Waals surface area contributed by atoms with Crippen molar-refractivity contribution >= 4 is 21.6 Å². The fourth-order valence-corrected chi connectivity index (χ4v) is 2.69. The van der Waals surface area contributed by atoms with Crippen LogP contribution in [0.5, 0.6) is 0 Å². The fraction of sp³-hybridized carbons (Fsp3) is 0.500. The van der Waals surface area contributed by atoms with Crippen molar-refractivity contribution in [1.29, 1.82) is 0 Å². The molecule has 17 heavy (non-hydrogen) atoms. The van der Waals surface area contributed by atoms with Crippen LogP contribution < -0.4 is 4.72 Å². The summed E-state index contributed by atoms with van der Waals surface area (Å²) in [5.74, 6) is 0.623. The Balaban J connectivity index is 2.73. The van der Waals surface area contributed by atoms with Crippen molar-refractivity contribution in [2.24, 2.45) is 0 Å². The van der Waals surface area contributed by atoms with Crippen molar-refractivity contribution < 1.29 is 8.42 Å². The molecule has 0 aliphatic rings.